The van der Waals surface area contributed by atoms with E-state index in [0.29, 0.717) is 28.8 Å². The van der Waals surface area contributed by atoms with Crippen LogP contribution in [0.5, 0.6) is 5.88 Å². The van der Waals surface area contributed by atoms with E-state index in [9.17, 15) is 4.39 Å². The van der Waals surface area contributed by atoms with Gasteiger partial charge in [0.1, 0.15) is 17.3 Å². The monoisotopic (exact) mass is 290 g/mol. The molecule has 3 N–H and O–H groups in total. The third-order valence-electron chi connectivity index (χ3n) is 3.04. The molecule has 1 aromatic carbocycles. The summed E-state index contributed by atoms with van der Waals surface area (Å²) in [7, 11) is 1.50. The molecule has 0 spiro atoms. The summed E-state index contributed by atoms with van der Waals surface area (Å²) in [4.78, 5) is 8.63. The highest BCUT2D eigenvalue weighted by Gasteiger charge is 2.14. The van der Waals surface area contributed by atoms with Gasteiger partial charge in [-0.25, -0.2) is 9.37 Å². The zero-order valence-corrected chi connectivity index (χ0v) is 12.4. The molecule has 0 radical (unpaired) electrons. The highest BCUT2D eigenvalue weighted by Crippen LogP contribution is 2.28. The van der Waals surface area contributed by atoms with Gasteiger partial charge in [-0.3, -0.25) is 0 Å². The van der Waals surface area contributed by atoms with Gasteiger partial charge in [0.05, 0.1) is 7.11 Å². The highest BCUT2D eigenvalue weighted by atomic mass is 19.1. The van der Waals surface area contributed by atoms with Crippen LogP contribution in [0, 0.1) is 5.82 Å². The number of nitrogen functional groups attached to an aromatic ring is 1. The summed E-state index contributed by atoms with van der Waals surface area (Å²) in [5, 5.41) is 3.04. The molecule has 0 saturated heterocycles. The molecule has 0 saturated carbocycles. The van der Waals surface area contributed by atoms with Crippen molar-refractivity contribution in [3.05, 3.63) is 41.5 Å². The van der Waals surface area contributed by atoms with Crippen molar-refractivity contribution >= 4 is 11.5 Å². The Morgan fingerprint density at radius 3 is 2.62 bits per heavy atom. The molecule has 1 aromatic heterocycles. The van der Waals surface area contributed by atoms with Gasteiger partial charge >= 0.3 is 0 Å². The number of methoxy groups -OCH3 is 1. The third kappa shape index (κ3) is 3.39. The first-order valence-electron chi connectivity index (χ1n) is 6.71. The summed E-state index contributed by atoms with van der Waals surface area (Å²) in [6.07, 6.45) is 0. The Hall–Kier alpha value is -2.37. The van der Waals surface area contributed by atoms with Crippen LogP contribution in [-0.2, 0) is 6.54 Å². The molecular formula is C15H19FN4O. The number of ether oxygens (including phenoxy) is 1. The Morgan fingerprint density at radius 2 is 2.00 bits per heavy atom. The van der Waals surface area contributed by atoms with Crippen molar-refractivity contribution in [3.8, 4) is 5.88 Å². The number of aromatic nitrogens is 2. The first-order chi connectivity index (χ1) is 10.0. The molecule has 0 unspecified atom stereocenters. The number of rotatable bonds is 5. The predicted octanol–water partition coefficient (Wildman–Crippen LogP) is 2.94. The zero-order valence-electron chi connectivity index (χ0n) is 12.4. The fourth-order valence-electron chi connectivity index (χ4n) is 1.83. The Morgan fingerprint density at radius 1 is 1.29 bits per heavy atom. The van der Waals surface area contributed by atoms with Crippen LogP contribution in [0.15, 0.2) is 24.3 Å². The number of nitrogens with two attached hydrogens (primary N) is 1. The minimum Gasteiger partial charge on any atom is -0.479 e. The highest BCUT2D eigenvalue weighted by molar-refractivity contribution is 5.67. The van der Waals surface area contributed by atoms with Crippen LogP contribution in [0.25, 0.3) is 0 Å². The Bertz CT molecular complexity index is 631. The third-order valence-corrected chi connectivity index (χ3v) is 3.04. The summed E-state index contributed by atoms with van der Waals surface area (Å²) in [5.74, 6) is 1.26. The van der Waals surface area contributed by atoms with E-state index in [0.717, 1.165) is 0 Å². The van der Waals surface area contributed by atoms with Gasteiger partial charge in [-0.05, 0) is 6.07 Å². The quantitative estimate of drug-likeness (QED) is 0.885. The molecule has 0 bridgehead atoms. The molecule has 0 aliphatic carbocycles. The lowest BCUT2D eigenvalue weighted by Gasteiger charge is -2.14. The molecule has 0 amide bonds. The van der Waals surface area contributed by atoms with Crippen molar-refractivity contribution in [2.45, 2.75) is 26.3 Å². The summed E-state index contributed by atoms with van der Waals surface area (Å²) >= 11 is 0. The molecule has 2 aromatic rings. The number of nitrogens with zero attached hydrogens (tertiary/aromatic N) is 2. The molecule has 2 rings (SSSR count). The van der Waals surface area contributed by atoms with E-state index in [1.54, 1.807) is 18.2 Å². The molecule has 0 atom stereocenters. The lowest BCUT2D eigenvalue weighted by Crippen LogP contribution is -2.11. The van der Waals surface area contributed by atoms with E-state index in [4.69, 9.17) is 10.5 Å². The van der Waals surface area contributed by atoms with Crippen LogP contribution in [0.3, 0.4) is 0 Å². The maximum atomic E-state index is 13.6. The van der Waals surface area contributed by atoms with Crippen LogP contribution in [0.4, 0.5) is 15.9 Å². The predicted molar refractivity (Wildman–Crippen MR) is 80.8 cm³/mol. The van der Waals surface area contributed by atoms with Crippen LogP contribution in [0.2, 0.25) is 0 Å². The number of hydrogen-bond donors (Lipinski definition) is 2. The van der Waals surface area contributed by atoms with E-state index in [1.807, 2.05) is 13.8 Å². The maximum absolute atomic E-state index is 13.6. The number of hydrogen-bond acceptors (Lipinski definition) is 5. The zero-order chi connectivity index (χ0) is 15.4. The van der Waals surface area contributed by atoms with Crippen molar-refractivity contribution < 1.29 is 9.13 Å². The van der Waals surface area contributed by atoms with Crippen molar-refractivity contribution in [3.63, 3.8) is 0 Å². The molecule has 0 fully saturated rings. The standard InChI is InChI=1S/C15H19FN4O/c1-9(2)13-19-14(12(17)15(20-13)21-3)18-8-10-6-4-5-7-11(10)16/h4-7,9H,8,17H2,1-3H3,(H,18,19,20). The lowest BCUT2D eigenvalue weighted by atomic mass is 10.2. The Labute approximate surface area is 123 Å². The molecular weight excluding hydrogens is 271 g/mol. The minimum atomic E-state index is -0.270. The second-order valence-corrected chi connectivity index (χ2v) is 4.95. The van der Waals surface area contributed by atoms with Gasteiger partial charge in [0, 0.05) is 18.0 Å². The Kier molecular flexibility index (Phi) is 4.57. The molecule has 6 heteroatoms. The second kappa shape index (κ2) is 6.39. The maximum Gasteiger partial charge on any atom is 0.242 e. The molecule has 1 heterocycles. The average molecular weight is 290 g/mol. The smallest absolute Gasteiger partial charge is 0.242 e. The first kappa shape index (κ1) is 15.0. The summed E-state index contributed by atoms with van der Waals surface area (Å²) in [6, 6.07) is 6.56. The normalized spacial score (nSPS) is 10.7. The van der Waals surface area contributed by atoms with Gasteiger partial charge < -0.3 is 15.8 Å². The van der Waals surface area contributed by atoms with Crippen molar-refractivity contribution in [1.29, 1.82) is 0 Å². The average Bonchev–Trinajstić information content (AvgIpc) is 2.47. The van der Waals surface area contributed by atoms with Gasteiger partial charge in [0.2, 0.25) is 5.88 Å². The summed E-state index contributed by atoms with van der Waals surface area (Å²) in [5.41, 5.74) is 6.82. The minimum absolute atomic E-state index is 0.133. The van der Waals surface area contributed by atoms with Crippen molar-refractivity contribution in [2.24, 2.45) is 0 Å². The van der Waals surface area contributed by atoms with E-state index in [-0.39, 0.29) is 18.3 Å². The van der Waals surface area contributed by atoms with Crippen LogP contribution in [0.1, 0.15) is 31.2 Å². The molecule has 21 heavy (non-hydrogen) atoms. The van der Waals surface area contributed by atoms with Crippen LogP contribution in [-0.4, -0.2) is 17.1 Å². The van der Waals surface area contributed by atoms with Gasteiger partial charge in [0.15, 0.2) is 5.82 Å². The van der Waals surface area contributed by atoms with Gasteiger partial charge in [-0.15, -0.1) is 0 Å². The van der Waals surface area contributed by atoms with E-state index < -0.39 is 0 Å². The summed E-state index contributed by atoms with van der Waals surface area (Å²) < 4.78 is 18.8. The molecule has 0 aliphatic rings. The van der Waals surface area contributed by atoms with Crippen molar-refractivity contribution in [1.82, 2.24) is 9.97 Å². The van der Waals surface area contributed by atoms with Gasteiger partial charge in [-0.1, -0.05) is 32.0 Å². The Balaban J connectivity index is 2.27. The fraction of sp³-hybridized carbons (Fsp3) is 0.333. The number of nitrogens with one attached hydrogen (secondary N) is 1. The summed E-state index contributed by atoms with van der Waals surface area (Å²) in [6.45, 7) is 4.24. The van der Waals surface area contributed by atoms with E-state index in [2.05, 4.69) is 15.3 Å². The van der Waals surface area contributed by atoms with E-state index >= 15 is 0 Å². The van der Waals surface area contributed by atoms with Gasteiger partial charge in [-0.2, -0.15) is 4.98 Å². The molecule has 0 aliphatic heterocycles. The van der Waals surface area contributed by atoms with Crippen molar-refractivity contribution in [2.75, 3.05) is 18.2 Å². The topological polar surface area (TPSA) is 73.1 Å². The fourth-order valence-corrected chi connectivity index (χ4v) is 1.83. The van der Waals surface area contributed by atoms with E-state index in [1.165, 1.54) is 13.2 Å². The number of benzene rings is 1. The number of halogens is 1. The second-order valence-electron chi connectivity index (χ2n) is 4.95. The lowest BCUT2D eigenvalue weighted by molar-refractivity contribution is 0.396. The molecule has 5 nitrogen and oxygen atoms in total. The van der Waals surface area contributed by atoms with Gasteiger partial charge in [0.25, 0.3) is 0 Å². The largest absolute Gasteiger partial charge is 0.479 e. The van der Waals surface area contributed by atoms with Crippen LogP contribution < -0.4 is 15.8 Å². The van der Waals surface area contributed by atoms with Crippen LogP contribution >= 0.6 is 0 Å². The SMILES string of the molecule is COc1nc(C(C)C)nc(NCc2ccccc2F)c1N. The first-order valence-corrected chi connectivity index (χ1v) is 6.71. The number of anilines is 2. The molecule has 112 valence electrons.